The summed E-state index contributed by atoms with van der Waals surface area (Å²) in [5.41, 5.74) is 0. The fourth-order valence-corrected chi connectivity index (χ4v) is 5.87. The molecule has 48 heavy (non-hydrogen) atoms. The van der Waals surface area contributed by atoms with Gasteiger partial charge in [-0.15, -0.1) is 0 Å². The van der Waals surface area contributed by atoms with E-state index in [0.29, 0.717) is 6.42 Å². The van der Waals surface area contributed by atoms with Crippen LogP contribution in [-0.2, 0) is 4.79 Å². The highest BCUT2D eigenvalue weighted by Crippen LogP contribution is 2.14. The Labute approximate surface area is 298 Å². The van der Waals surface area contributed by atoms with Gasteiger partial charge in [0.1, 0.15) is 0 Å². The Bertz CT molecular complexity index is 812. The number of rotatable bonds is 36. The first kappa shape index (κ1) is 46.1. The number of carbonyl (C=O) groups is 1. The molecule has 0 radical (unpaired) electrons. The van der Waals surface area contributed by atoms with E-state index in [2.05, 4.69) is 67.8 Å². The molecule has 0 aromatic rings. The van der Waals surface area contributed by atoms with Crippen LogP contribution in [0.4, 0.5) is 0 Å². The van der Waals surface area contributed by atoms with Crippen LogP contribution in [-0.4, -0.2) is 34.9 Å². The number of aliphatic hydroxyl groups excluding tert-OH is 2. The first-order valence-corrected chi connectivity index (χ1v) is 20.5. The molecule has 0 aliphatic rings. The van der Waals surface area contributed by atoms with E-state index in [4.69, 9.17) is 0 Å². The van der Waals surface area contributed by atoms with Gasteiger partial charge >= 0.3 is 0 Å². The summed E-state index contributed by atoms with van der Waals surface area (Å²) in [4.78, 5) is 12.4. The van der Waals surface area contributed by atoms with Crippen LogP contribution < -0.4 is 5.32 Å². The van der Waals surface area contributed by atoms with E-state index in [1.165, 1.54) is 122 Å². The Balaban J connectivity index is 3.60. The largest absolute Gasteiger partial charge is 0.394 e. The highest BCUT2D eigenvalue weighted by atomic mass is 16.3. The molecule has 0 aromatic carbocycles. The van der Waals surface area contributed by atoms with Crippen LogP contribution in [0.25, 0.3) is 0 Å². The molecule has 4 heteroatoms. The zero-order chi connectivity index (χ0) is 35.0. The van der Waals surface area contributed by atoms with Gasteiger partial charge in [0, 0.05) is 6.42 Å². The summed E-state index contributed by atoms with van der Waals surface area (Å²) in [6.45, 7) is 4.18. The van der Waals surface area contributed by atoms with E-state index in [1.54, 1.807) is 6.08 Å². The lowest BCUT2D eigenvalue weighted by atomic mass is 10.0. The molecule has 2 atom stereocenters. The zero-order valence-electron chi connectivity index (χ0n) is 31.7. The molecule has 0 saturated heterocycles. The summed E-state index contributed by atoms with van der Waals surface area (Å²) in [5.74, 6) is -0.0721. The minimum atomic E-state index is -0.841. The second-order valence-electron chi connectivity index (χ2n) is 13.7. The fourth-order valence-electron chi connectivity index (χ4n) is 5.87. The molecule has 0 rings (SSSR count). The van der Waals surface area contributed by atoms with Crippen LogP contribution in [0, 0.1) is 0 Å². The standard InChI is InChI=1S/C44H79NO3/c1-3-5-7-9-11-13-15-17-18-19-20-21-22-23-24-25-26-28-30-32-34-36-38-40-44(48)45-42(41-46)43(47)39-37-35-33-31-29-27-16-14-12-10-8-6-4-2/h5,7,11,13,17-18,20-21,37,39,42-43,46-47H,3-4,6,8-10,12,14-16,19,22-36,38,40-41H2,1-2H3,(H,45,48)/b7-5-,13-11-,18-17-,21-20-,39-37+. The SMILES string of the molecule is CC/C=C\C/C=C\C/C=C\C/C=C\CCCCCCCCCCCCC(=O)NC(CO)C(O)/C=C/CCCCCCCCCCCCC. The highest BCUT2D eigenvalue weighted by molar-refractivity contribution is 5.76. The monoisotopic (exact) mass is 670 g/mol. The van der Waals surface area contributed by atoms with E-state index in [9.17, 15) is 15.0 Å². The number of hydrogen-bond acceptors (Lipinski definition) is 3. The number of unbranched alkanes of at least 4 members (excludes halogenated alkanes) is 21. The number of amides is 1. The van der Waals surface area contributed by atoms with Gasteiger partial charge < -0.3 is 15.5 Å². The summed E-state index contributed by atoms with van der Waals surface area (Å²) < 4.78 is 0. The van der Waals surface area contributed by atoms with E-state index >= 15 is 0 Å². The second-order valence-corrected chi connectivity index (χ2v) is 13.7. The van der Waals surface area contributed by atoms with Crippen LogP contribution in [0.15, 0.2) is 60.8 Å². The van der Waals surface area contributed by atoms with E-state index < -0.39 is 12.1 Å². The van der Waals surface area contributed by atoms with Gasteiger partial charge in [-0.05, 0) is 57.8 Å². The second kappa shape index (κ2) is 39.5. The first-order chi connectivity index (χ1) is 23.7. The molecule has 0 saturated carbocycles. The van der Waals surface area contributed by atoms with Crippen LogP contribution in [0.1, 0.15) is 194 Å². The maximum atomic E-state index is 12.4. The van der Waals surface area contributed by atoms with Crippen molar-refractivity contribution < 1.29 is 15.0 Å². The molecule has 2 unspecified atom stereocenters. The lowest BCUT2D eigenvalue weighted by Crippen LogP contribution is -2.45. The Hall–Kier alpha value is -1.91. The van der Waals surface area contributed by atoms with Crippen LogP contribution in [0.2, 0.25) is 0 Å². The summed E-state index contributed by atoms with van der Waals surface area (Å²) in [5, 5.41) is 22.9. The Kier molecular flexibility index (Phi) is 38.0. The van der Waals surface area contributed by atoms with Crippen molar-refractivity contribution in [2.75, 3.05) is 6.61 Å². The van der Waals surface area contributed by atoms with Crippen molar-refractivity contribution in [1.29, 1.82) is 0 Å². The summed E-state index contributed by atoms with van der Waals surface area (Å²) in [6, 6.07) is -0.625. The smallest absolute Gasteiger partial charge is 0.220 e. The van der Waals surface area contributed by atoms with Crippen molar-refractivity contribution in [3.8, 4) is 0 Å². The van der Waals surface area contributed by atoms with Crippen LogP contribution >= 0.6 is 0 Å². The number of aliphatic hydroxyl groups is 2. The molecule has 0 spiro atoms. The van der Waals surface area contributed by atoms with Crippen molar-refractivity contribution >= 4 is 5.91 Å². The molecular weight excluding hydrogens is 590 g/mol. The molecule has 4 nitrogen and oxygen atoms in total. The lowest BCUT2D eigenvalue weighted by molar-refractivity contribution is -0.123. The van der Waals surface area contributed by atoms with Crippen molar-refractivity contribution in [2.45, 2.75) is 206 Å². The Morgan fingerprint density at radius 3 is 1.38 bits per heavy atom. The van der Waals surface area contributed by atoms with Crippen LogP contribution in [0.5, 0.6) is 0 Å². The normalized spacial score (nSPS) is 13.7. The third-order valence-electron chi connectivity index (χ3n) is 9.01. The minimum absolute atomic E-state index is 0.0721. The quantitative estimate of drug-likeness (QED) is 0.0459. The van der Waals surface area contributed by atoms with Crippen molar-refractivity contribution in [1.82, 2.24) is 5.32 Å². The van der Waals surface area contributed by atoms with Crippen LogP contribution in [0.3, 0.4) is 0 Å². The van der Waals surface area contributed by atoms with E-state index in [-0.39, 0.29) is 12.5 Å². The van der Waals surface area contributed by atoms with Gasteiger partial charge in [0.25, 0.3) is 0 Å². The van der Waals surface area contributed by atoms with Gasteiger partial charge in [-0.3, -0.25) is 4.79 Å². The van der Waals surface area contributed by atoms with E-state index in [1.807, 2.05) is 6.08 Å². The number of hydrogen-bond donors (Lipinski definition) is 3. The van der Waals surface area contributed by atoms with Gasteiger partial charge in [-0.1, -0.05) is 190 Å². The number of nitrogens with one attached hydrogen (secondary N) is 1. The molecule has 0 aliphatic carbocycles. The maximum absolute atomic E-state index is 12.4. The third kappa shape index (κ3) is 35.4. The molecule has 0 bridgehead atoms. The molecule has 1 amide bonds. The predicted octanol–water partition coefficient (Wildman–Crippen LogP) is 12.6. The topological polar surface area (TPSA) is 69.6 Å². The Morgan fingerprint density at radius 2 is 0.917 bits per heavy atom. The predicted molar refractivity (Wildman–Crippen MR) is 211 cm³/mol. The summed E-state index contributed by atoms with van der Waals surface area (Å²) >= 11 is 0. The van der Waals surface area contributed by atoms with Crippen molar-refractivity contribution in [2.24, 2.45) is 0 Å². The first-order valence-electron chi connectivity index (χ1n) is 20.5. The van der Waals surface area contributed by atoms with Crippen molar-refractivity contribution in [3.05, 3.63) is 60.8 Å². The molecule has 0 aromatic heterocycles. The van der Waals surface area contributed by atoms with Crippen molar-refractivity contribution in [3.63, 3.8) is 0 Å². The average Bonchev–Trinajstić information content (AvgIpc) is 3.09. The van der Waals surface area contributed by atoms with Gasteiger partial charge in [0.15, 0.2) is 0 Å². The number of allylic oxidation sites excluding steroid dienone is 9. The summed E-state index contributed by atoms with van der Waals surface area (Å²) in [7, 11) is 0. The minimum Gasteiger partial charge on any atom is -0.394 e. The molecule has 0 fully saturated rings. The van der Waals surface area contributed by atoms with E-state index in [0.717, 1.165) is 51.4 Å². The van der Waals surface area contributed by atoms with Gasteiger partial charge in [0.2, 0.25) is 5.91 Å². The average molecular weight is 670 g/mol. The fraction of sp³-hybridized carbons (Fsp3) is 0.750. The van der Waals surface area contributed by atoms with Gasteiger partial charge in [0.05, 0.1) is 18.8 Å². The molecule has 0 heterocycles. The summed E-state index contributed by atoms with van der Waals surface area (Å²) in [6.07, 6.45) is 54.6. The molecule has 3 N–H and O–H groups in total. The van der Waals surface area contributed by atoms with Gasteiger partial charge in [-0.25, -0.2) is 0 Å². The third-order valence-corrected chi connectivity index (χ3v) is 9.01. The zero-order valence-corrected chi connectivity index (χ0v) is 31.7. The highest BCUT2D eigenvalue weighted by Gasteiger charge is 2.17. The maximum Gasteiger partial charge on any atom is 0.220 e. The molecule has 0 aliphatic heterocycles. The molecular formula is C44H79NO3. The lowest BCUT2D eigenvalue weighted by Gasteiger charge is -2.20. The molecule has 278 valence electrons. The Morgan fingerprint density at radius 1 is 0.521 bits per heavy atom. The number of carbonyl (C=O) groups excluding carboxylic acids is 1. The van der Waals surface area contributed by atoms with Gasteiger partial charge in [-0.2, -0.15) is 0 Å².